The Morgan fingerprint density at radius 2 is 2.11 bits per heavy atom. The number of rotatable bonds is 0. The highest BCUT2D eigenvalue weighted by Crippen LogP contribution is 2.27. The molecule has 3 nitrogen and oxygen atoms in total. The van der Waals surface area contributed by atoms with Crippen LogP contribution in [0.1, 0.15) is 13.8 Å². The lowest BCUT2D eigenvalue weighted by molar-refractivity contribution is -0.154. The fourth-order valence-corrected chi connectivity index (χ4v) is 0.937. The van der Waals surface area contributed by atoms with Gasteiger partial charge in [0.2, 0.25) is 5.91 Å². The topological polar surface area (TPSA) is 46.3 Å². The van der Waals surface area contributed by atoms with Crippen molar-refractivity contribution in [3.63, 3.8) is 0 Å². The lowest BCUT2D eigenvalue weighted by Crippen LogP contribution is -2.73. The maximum absolute atomic E-state index is 10.8. The third-order valence-corrected chi connectivity index (χ3v) is 2.22. The maximum Gasteiger partial charge on any atom is 0.242 e. The number of carbonyl (C=O) groups excluding carboxylic acids is 1. The zero-order valence-corrected chi connectivity index (χ0v) is 6.01. The second kappa shape index (κ2) is 1.48. The highest BCUT2D eigenvalue weighted by atomic mass is 16.2. The molecule has 52 valence electrons. The van der Waals surface area contributed by atoms with Crippen molar-refractivity contribution in [1.29, 1.82) is 0 Å². The average molecular weight is 128 g/mol. The number of hydrogen-bond acceptors (Lipinski definition) is 2. The fourth-order valence-electron chi connectivity index (χ4n) is 0.937. The molecular weight excluding hydrogens is 116 g/mol. The number of nitrogens with two attached hydrogens (primary N) is 1. The van der Waals surface area contributed by atoms with Crippen LogP contribution in [0.4, 0.5) is 0 Å². The van der Waals surface area contributed by atoms with Crippen molar-refractivity contribution < 1.29 is 4.79 Å². The lowest BCUT2D eigenvalue weighted by Gasteiger charge is -2.50. The Morgan fingerprint density at radius 3 is 2.22 bits per heavy atom. The summed E-state index contributed by atoms with van der Waals surface area (Å²) >= 11 is 0. The van der Waals surface area contributed by atoms with Crippen molar-refractivity contribution in [3.05, 3.63) is 0 Å². The van der Waals surface area contributed by atoms with Gasteiger partial charge in [-0.05, 0) is 13.8 Å². The summed E-state index contributed by atoms with van der Waals surface area (Å²) in [6.45, 7) is 3.91. The lowest BCUT2D eigenvalue weighted by atomic mass is 9.84. The molecule has 0 aromatic heterocycles. The number of nitrogens with zero attached hydrogens (tertiary/aromatic N) is 1. The van der Waals surface area contributed by atoms with E-state index in [1.807, 2.05) is 13.8 Å². The van der Waals surface area contributed by atoms with E-state index in [1.54, 1.807) is 11.9 Å². The molecule has 0 unspecified atom stereocenters. The van der Waals surface area contributed by atoms with Crippen LogP contribution in [-0.2, 0) is 4.79 Å². The van der Waals surface area contributed by atoms with Crippen molar-refractivity contribution >= 4 is 5.91 Å². The monoisotopic (exact) mass is 128 g/mol. The van der Waals surface area contributed by atoms with Gasteiger partial charge in [0, 0.05) is 7.05 Å². The summed E-state index contributed by atoms with van der Waals surface area (Å²) in [6, 6.07) is -0.289. The molecule has 1 atom stereocenters. The molecule has 0 aromatic rings. The minimum Gasteiger partial charge on any atom is -0.337 e. The summed E-state index contributed by atoms with van der Waals surface area (Å²) in [6.07, 6.45) is 0. The van der Waals surface area contributed by atoms with E-state index >= 15 is 0 Å². The van der Waals surface area contributed by atoms with Crippen LogP contribution in [0, 0.1) is 0 Å². The van der Waals surface area contributed by atoms with Crippen LogP contribution < -0.4 is 5.73 Å². The molecule has 2 N–H and O–H groups in total. The molecule has 0 saturated carbocycles. The Balaban J connectivity index is 2.73. The SMILES string of the molecule is CN1C(=O)[C@H](N)C1(C)C. The predicted molar refractivity (Wildman–Crippen MR) is 34.8 cm³/mol. The smallest absolute Gasteiger partial charge is 0.242 e. The molecular formula is C6H12N2O. The van der Waals surface area contributed by atoms with Gasteiger partial charge in [-0.3, -0.25) is 4.79 Å². The molecule has 1 fully saturated rings. The largest absolute Gasteiger partial charge is 0.337 e. The Labute approximate surface area is 54.8 Å². The summed E-state index contributed by atoms with van der Waals surface area (Å²) in [5.41, 5.74) is 5.37. The molecule has 1 aliphatic heterocycles. The van der Waals surface area contributed by atoms with Crippen LogP contribution in [0.2, 0.25) is 0 Å². The van der Waals surface area contributed by atoms with Crippen molar-refractivity contribution in [2.75, 3.05) is 7.05 Å². The average Bonchev–Trinajstić information content (AvgIpc) is 1.84. The first-order valence-electron chi connectivity index (χ1n) is 3.01. The molecule has 1 amide bonds. The molecule has 3 heteroatoms. The number of β-lactam (4-membered cyclic amide) rings is 1. The minimum atomic E-state index is -0.289. The van der Waals surface area contributed by atoms with Crippen molar-refractivity contribution in [1.82, 2.24) is 4.90 Å². The summed E-state index contributed by atoms with van der Waals surface area (Å²) in [5, 5.41) is 0. The van der Waals surface area contributed by atoms with E-state index < -0.39 is 0 Å². The highest BCUT2D eigenvalue weighted by Gasteiger charge is 2.49. The number of amides is 1. The Kier molecular flexibility index (Phi) is 1.07. The van der Waals surface area contributed by atoms with Gasteiger partial charge in [0.1, 0.15) is 6.04 Å². The van der Waals surface area contributed by atoms with Gasteiger partial charge in [-0.15, -0.1) is 0 Å². The molecule has 0 aromatic carbocycles. The molecule has 0 aliphatic carbocycles. The molecule has 0 bridgehead atoms. The van der Waals surface area contributed by atoms with Crippen LogP contribution in [-0.4, -0.2) is 29.4 Å². The third kappa shape index (κ3) is 0.580. The van der Waals surface area contributed by atoms with Gasteiger partial charge in [0.05, 0.1) is 5.54 Å². The summed E-state index contributed by atoms with van der Waals surface area (Å²) < 4.78 is 0. The predicted octanol–water partition coefficient (Wildman–Crippen LogP) is -0.436. The minimum absolute atomic E-state index is 0.0417. The van der Waals surface area contributed by atoms with Gasteiger partial charge >= 0.3 is 0 Å². The van der Waals surface area contributed by atoms with Gasteiger partial charge < -0.3 is 10.6 Å². The standard InChI is InChI=1S/C6H12N2O/c1-6(2)4(7)5(9)8(6)3/h4H,7H2,1-3H3/t4-/m0/s1. The number of likely N-dealkylation sites (N-methyl/N-ethyl adjacent to an activating group) is 1. The van der Waals surface area contributed by atoms with E-state index in [2.05, 4.69) is 0 Å². The van der Waals surface area contributed by atoms with Gasteiger partial charge in [-0.1, -0.05) is 0 Å². The molecule has 0 spiro atoms. The fraction of sp³-hybridized carbons (Fsp3) is 0.833. The summed E-state index contributed by atoms with van der Waals surface area (Å²) in [4.78, 5) is 12.4. The van der Waals surface area contributed by atoms with Gasteiger partial charge in [0.25, 0.3) is 0 Å². The maximum atomic E-state index is 10.8. The molecule has 1 aliphatic rings. The zero-order chi connectivity index (χ0) is 7.23. The number of hydrogen-bond donors (Lipinski definition) is 1. The second-order valence-corrected chi connectivity index (χ2v) is 3.03. The molecule has 1 heterocycles. The third-order valence-electron chi connectivity index (χ3n) is 2.22. The van der Waals surface area contributed by atoms with E-state index in [9.17, 15) is 4.79 Å². The van der Waals surface area contributed by atoms with Gasteiger partial charge in [0.15, 0.2) is 0 Å². The first-order valence-corrected chi connectivity index (χ1v) is 3.01. The van der Waals surface area contributed by atoms with E-state index in [0.29, 0.717) is 0 Å². The van der Waals surface area contributed by atoms with E-state index in [1.165, 1.54) is 0 Å². The van der Waals surface area contributed by atoms with Gasteiger partial charge in [-0.2, -0.15) is 0 Å². The number of likely N-dealkylation sites (tertiary alicyclic amines) is 1. The molecule has 1 saturated heterocycles. The summed E-state index contributed by atoms with van der Waals surface area (Å²) in [7, 11) is 1.77. The van der Waals surface area contributed by atoms with Crippen molar-refractivity contribution in [2.45, 2.75) is 25.4 Å². The van der Waals surface area contributed by atoms with Gasteiger partial charge in [-0.25, -0.2) is 0 Å². The van der Waals surface area contributed by atoms with E-state index in [-0.39, 0.29) is 17.5 Å². The normalized spacial score (nSPS) is 32.2. The quantitative estimate of drug-likeness (QED) is 0.450. The Morgan fingerprint density at radius 1 is 1.67 bits per heavy atom. The molecule has 1 rings (SSSR count). The highest BCUT2D eigenvalue weighted by molar-refractivity contribution is 5.90. The van der Waals surface area contributed by atoms with Crippen molar-refractivity contribution in [3.8, 4) is 0 Å². The van der Waals surface area contributed by atoms with Crippen LogP contribution in [0.15, 0.2) is 0 Å². The van der Waals surface area contributed by atoms with Crippen LogP contribution >= 0.6 is 0 Å². The zero-order valence-electron chi connectivity index (χ0n) is 6.01. The molecule has 9 heavy (non-hydrogen) atoms. The Bertz CT molecular complexity index is 139. The van der Waals surface area contributed by atoms with Crippen LogP contribution in [0.25, 0.3) is 0 Å². The number of carbonyl (C=O) groups is 1. The first kappa shape index (κ1) is 6.55. The van der Waals surface area contributed by atoms with Crippen LogP contribution in [0.3, 0.4) is 0 Å². The van der Waals surface area contributed by atoms with Crippen molar-refractivity contribution in [2.24, 2.45) is 5.73 Å². The molecule has 0 radical (unpaired) electrons. The van der Waals surface area contributed by atoms with E-state index in [0.717, 1.165) is 0 Å². The second-order valence-electron chi connectivity index (χ2n) is 3.03. The summed E-state index contributed by atoms with van der Waals surface area (Å²) in [5.74, 6) is 0.0417. The Hall–Kier alpha value is -0.570. The first-order chi connectivity index (χ1) is 3.98. The van der Waals surface area contributed by atoms with E-state index in [4.69, 9.17) is 5.73 Å². The van der Waals surface area contributed by atoms with Crippen LogP contribution in [0.5, 0.6) is 0 Å².